The monoisotopic (exact) mass is 184 g/mol. The van der Waals surface area contributed by atoms with Crippen molar-refractivity contribution >= 4 is 0 Å². The summed E-state index contributed by atoms with van der Waals surface area (Å²) in [5.41, 5.74) is 1.21. The molecule has 0 aromatic heterocycles. The van der Waals surface area contributed by atoms with Gasteiger partial charge in [-0.2, -0.15) is 0 Å². The van der Waals surface area contributed by atoms with Crippen LogP contribution in [0.5, 0.6) is 5.75 Å². The minimum Gasteiger partial charge on any atom is -0.508 e. The van der Waals surface area contributed by atoms with Crippen molar-refractivity contribution in [2.75, 3.05) is 6.61 Å². The number of hydrogen-bond donors (Lipinski definition) is 2. The smallest absolute Gasteiger partial charge is 0.130 e. The minimum atomic E-state index is -0.406. The van der Waals surface area contributed by atoms with E-state index in [9.17, 15) is 4.39 Å². The van der Waals surface area contributed by atoms with E-state index in [2.05, 4.69) is 0 Å². The molecule has 0 spiro atoms. The zero-order valence-electron chi connectivity index (χ0n) is 7.55. The maximum Gasteiger partial charge on any atom is 0.130 e. The van der Waals surface area contributed by atoms with E-state index in [0.717, 1.165) is 6.07 Å². The number of aliphatic hydroxyl groups excluding tert-OH is 1. The van der Waals surface area contributed by atoms with Crippen molar-refractivity contribution in [2.24, 2.45) is 0 Å². The SMILES string of the molecule is Cc1cc(CCCO)c(F)cc1O. The van der Waals surface area contributed by atoms with Crippen molar-refractivity contribution in [3.05, 3.63) is 29.1 Å². The first-order valence-electron chi connectivity index (χ1n) is 4.24. The van der Waals surface area contributed by atoms with Gasteiger partial charge in [-0.1, -0.05) is 0 Å². The lowest BCUT2D eigenvalue weighted by atomic mass is 10.1. The van der Waals surface area contributed by atoms with Gasteiger partial charge in [-0.3, -0.25) is 0 Å². The van der Waals surface area contributed by atoms with E-state index < -0.39 is 5.82 Å². The van der Waals surface area contributed by atoms with Gasteiger partial charge in [0, 0.05) is 12.7 Å². The van der Waals surface area contributed by atoms with Gasteiger partial charge in [-0.25, -0.2) is 4.39 Å². The molecule has 2 nitrogen and oxygen atoms in total. The maximum atomic E-state index is 13.1. The largest absolute Gasteiger partial charge is 0.508 e. The predicted octanol–water partition coefficient (Wildman–Crippen LogP) is 1.76. The Labute approximate surface area is 76.6 Å². The van der Waals surface area contributed by atoms with Crippen LogP contribution in [-0.4, -0.2) is 16.8 Å². The van der Waals surface area contributed by atoms with Gasteiger partial charge in [0.05, 0.1) is 0 Å². The average molecular weight is 184 g/mol. The lowest BCUT2D eigenvalue weighted by Gasteiger charge is -2.05. The molecule has 3 heteroatoms. The molecule has 0 fully saturated rings. The molecule has 0 bridgehead atoms. The van der Waals surface area contributed by atoms with E-state index in [1.807, 2.05) is 0 Å². The summed E-state index contributed by atoms with van der Waals surface area (Å²) in [6.45, 7) is 1.77. The number of aliphatic hydroxyl groups is 1. The topological polar surface area (TPSA) is 40.5 Å². The first kappa shape index (κ1) is 9.99. The van der Waals surface area contributed by atoms with Crippen LogP contribution in [0.2, 0.25) is 0 Å². The summed E-state index contributed by atoms with van der Waals surface area (Å²) < 4.78 is 13.1. The molecular weight excluding hydrogens is 171 g/mol. The molecule has 0 heterocycles. The zero-order valence-corrected chi connectivity index (χ0v) is 7.55. The highest BCUT2D eigenvalue weighted by atomic mass is 19.1. The Morgan fingerprint density at radius 3 is 2.69 bits per heavy atom. The summed E-state index contributed by atoms with van der Waals surface area (Å²) in [6.07, 6.45) is 1.05. The van der Waals surface area contributed by atoms with Crippen LogP contribution in [0.1, 0.15) is 17.5 Å². The van der Waals surface area contributed by atoms with Gasteiger partial charge in [0.2, 0.25) is 0 Å². The van der Waals surface area contributed by atoms with E-state index in [1.165, 1.54) is 0 Å². The third kappa shape index (κ3) is 2.42. The molecule has 0 aliphatic rings. The molecule has 0 amide bonds. The van der Waals surface area contributed by atoms with Crippen LogP contribution in [0.3, 0.4) is 0 Å². The quantitative estimate of drug-likeness (QED) is 0.751. The second-order valence-corrected chi connectivity index (χ2v) is 3.06. The van der Waals surface area contributed by atoms with Crippen molar-refractivity contribution in [3.8, 4) is 5.75 Å². The molecule has 0 unspecified atom stereocenters. The fraction of sp³-hybridized carbons (Fsp3) is 0.400. The predicted molar refractivity (Wildman–Crippen MR) is 48.2 cm³/mol. The second kappa shape index (κ2) is 4.23. The molecule has 72 valence electrons. The molecule has 1 aromatic rings. The summed E-state index contributed by atoms with van der Waals surface area (Å²) >= 11 is 0. The van der Waals surface area contributed by atoms with Crippen molar-refractivity contribution in [2.45, 2.75) is 19.8 Å². The Kier molecular flexibility index (Phi) is 3.25. The van der Waals surface area contributed by atoms with Crippen LogP contribution < -0.4 is 0 Å². The van der Waals surface area contributed by atoms with E-state index in [0.29, 0.717) is 24.0 Å². The first-order chi connectivity index (χ1) is 6.15. The Morgan fingerprint density at radius 2 is 2.08 bits per heavy atom. The summed E-state index contributed by atoms with van der Waals surface area (Å²) in [5, 5.41) is 17.7. The lowest BCUT2D eigenvalue weighted by molar-refractivity contribution is 0.288. The van der Waals surface area contributed by atoms with Crippen LogP contribution in [0.4, 0.5) is 4.39 Å². The number of rotatable bonds is 3. The fourth-order valence-electron chi connectivity index (χ4n) is 1.19. The van der Waals surface area contributed by atoms with Gasteiger partial charge >= 0.3 is 0 Å². The van der Waals surface area contributed by atoms with E-state index in [4.69, 9.17) is 10.2 Å². The van der Waals surface area contributed by atoms with E-state index in [-0.39, 0.29) is 12.4 Å². The number of aromatic hydroxyl groups is 1. The summed E-state index contributed by atoms with van der Waals surface area (Å²) in [6, 6.07) is 2.72. The molecule has 0 aliphatic carbocycles. The van der Waals surface area contributed by atoms with Gasteiger partial charge in [0.1, 0.15) is 11.6 Å². The van der Waals surface area contributed by atoms with Crippen LogP contribution in [0.25, 0.3) is 0 Å². The van der Waals surface area contributed by atoms with Crippen molar-refractivity contribution in [1.29, 1.82) is 0 Å². The number of benzene rings is 1. The highest BCUT2D eigenvalue weighted by Gasteiger charge is 2.05. The van der Waals surface area contributed by atoms with Gasteiger partial charge in [0.15, 0.2) is 0 Å². The van der Waals surface area contributed by atoms with Crippen LogP contribution in [-0.2, 0) is 6.42 Å². The second-order valence-electron chi connectivity index (χ2n) is 3.06. The molecule has 2 N–H and O–H groups in total. The van der Waals surface area contributed by atoms with Crippen LogP contribution in [0.15, 0.2) is 12.1 Å². The number of halogens is 1. The Morgan fingerprint density at radius 1 is 1.38 bits per heavy atom. The number of aryl methyl sites for hydroxylation is 2. The maximum absolute atomic E-state index is 13.1. The Hall–Kier alpha value is -1.09. The summed E-state index contributed by atoms with van der Waals surface area (Å²) in [7, 11) is 0. The normalized spacial score (nSPS) is 10.4. The zero-order chi connectivity index (χ0) is 9.84. The van der Waals surface area contributed by atoms with Gasteiger partial charge in [0.25, 0.3) is 0 Å². The van der Waals surface area contributed by atoms with Crippen LogP contribution in [0, 0.1) is 12.7 Å². The van der Waals surface area contributed by atoms with E-state index >= 15 is 0 Å². The van der Waals surface area contributed by atoms with Gasteiger partial charge < -0.3 is 10.2 Å². The molecule has 0 saturated carbocycles. The van der Waals surface area contributed by atoms with E-state index in [1.54, 1.807) is 13.0 Å². The van der Waals surface area contributed by atoms with Crippen molar-refractivity contribution in [3.63, 3.8) is 0 Å². The molecule has 1 rings (SSSR count). The van der Waals surface area contributed by atoms with Gasteiger partial charge in [-0.15, -0.1) is 0 Å². The molecule has 0 aliphatic heterocycles. The van der Waals surface area contributed by atoms with Gasteiger partial charge in [-0.05, 0) is 37.0 Å². The Balaban J connectivity index is 2.88. The summed E-state index contributed by atoms with van der Waals surface area (Å²) in [4.78, 5) is 0. The first-order valence-corrected chi connectivity index (χ1v) is 4.24. The molecule has 1 aromatic carbocycles. The molecule has 0 saturated heterocycles. The Bertz CT molecular complexity index is 297. The fourth-order valence-corrected chi connectivity index (χ4v) is 1.19. The lowest BCUT2D eigenvalue weighted by Crippen LogP contribution is -1.94. The average Bonchev–Trinajstić information content (AvgIpc) is 2.09. The minimum absolute atomic E-state index is 0.0229. The highest BCUT2D eigenvalue weighted by Crippen LogP contribution is 2.21. The molecule has 13 heavy (non-hydrogen) atoms. The molecule has 0 atom stereocenters. The number of phenols is 1. The van der Waals surface area contributed by atoms with Crippen molar-refractivity contribution in [1.82, 2.24) is 0 Å². The van der Waals surface area contributed by atoms with Crippen LogP contribution >= 0.6 is 0 Å². The highest BCUT2D eigenvalue weighted by molar-refractivity contribution is 5.36. The number of phenolic OH excluding ortho intramolecular Hbond substituents is 1. The van der Waals surface area contributed by atoms with Crippen molar-refractivity contribution < 1.29 is 14.6 Å². The standard InChI is InChI=1S/C10H13FO2/c1-7-5-8(3-2-4-12)9(11)6-10(7)13/h5-6,12-13H,2-4H2,1H3. The molecule has 0 radical (unpaired) electrons. The third-order valence-electron chi connectivity index (χ3n) is 1.97. The number of hydrogen-bond acceptors (Lipinski definition) is 2. The summed E-state index contributed by atoms with van der Waals surface area (Å²) in [5.74, 6) is -0.429. The molecular formula is C10H13FO2. The third-order valence-corrected chi connectivity index (χ3v) is 1.97.